The van der Waals surface area contributed by atoms with E-state index in [-0.39, 0.29) is 0 Å². The summed E-state index contributed by atoms with van der Waals surface area (Å²) >= 11 is 3.56. The van der Waals surface area contributed by atoms with Crippen molar-refractivity contribution in [3.63, 3.8) is 0 Å². The zero-order chi connectivity index (χ0) is 13.2. The monoisotopic (exact) mass is 315 g/mol. The van der Waals surface area contributed by atoms with Crippen LogP contribution in [0.3, 0.4) is 0 Å². The molecule has 1 aromatic rings. The number of ether oxygens (including phenoxy) is 2. The van der Waals surface area contributed by atoms with Crippen LogP contribution in [-0.2, 0) is 9.47 Å². The van der Waals surface area contributed by atoms with Crippen LogP contribution in [0.15, 0.2) is 28.7 Å². The molecule has 0 bridgehead atoms. The van der Waals surface area contributed by atoms with Gasteiger partial charge in [0.1, 0.15) is 0 Å². The zero-order valence-corrected chi connectivity index (χ0v) is 12.7. The Bertz CT molecular complexity index is 333. The van der Waals surface area contributed by atoms with Crippen molar-refractivity contribution in [1.82, 2.24) is 5.32 Å². The van der Waals surface area contributed by atoms with Gasteiger partial charge in [0.15, 0.2) is 0 Å². The molecule has 0 aromatic heterocycles. The lowest BCUT2D eigenvalue weighted by Crippen LogP contribution is -2.23. The molecule has 3 nitrogen and oxygen atoms in total. The van der Waals surface area contributed by atoms with Gasteiger partial charge in [-0.1, -0.05) is 34.1 Å². The molecule has 0 radical (unpaired) electrons. The van der Waals surface area contributed by atoms with Crippen LogP contribution < -0.4 is 5.32 Å². The molecule has 0 fully saturated rings. The standard InChI is InChI=1S/C14H22BrNO2/c1-12(13-6-3-4-7-14(13)15)16-8-11-18-10-5-9-17-2/h3-4,6-7,12,16H,5,8-11H2,1-2H3/t12-/m1/s1. The first-order valence-electron chi connectivity index (χ1n) is 6.30. The molecule has 4 heteroatoms. The fraction of sp³-hybridized carbons (Fsp3) is 0.571. The smallest absolute Gasteiger partial charge is 0.0591 e. The van der Waals surface area contributed by atoms with Crippen molar-refractivity contribution in [2.45, 2.75) is 19.4 Å². The molecule has 1 aromatic carbocycles. The van der Waals surface area contributed by atoms with E-state index in [1.54, 1.807) is 7.11 Å². The van der Waals surface area contributed by atoms with Crippen molar-refractivity contribution in [3.05, 3.63) is 34.3 Å². The van der Waals surface area contributed by atoms with Crippen molar-refractivity contribution < 1.29 is 9.47 Å². The van der Waals surface area contributed by atoms with E-state index in [2.05, 4.69) is 46.4 Å². The molecule has 0 unspecified atom stereocenters. The molecule has 1 rings (SSSR count). The van der Waals surface area contributed by atoms with Crippen molar-refractivity contribution in [2.75, 3.05) is 33.5 Å². The van der Waals surface area contributed by atoms with Crippen LogP contribution in [-0.4, -0.2) is 33.5 Å². The van der Waals surface area contributed by atoms with Crippen LogP contribution in [0.1, 0.15) is 24.9 Å². The summed E-state index contributed by atoms with van der Waals surface area (Å²) in [4.78, 5) is 0. The fourth-order valence-electron chi connectivity index (χ4n) is 1.69. The highest BCUT2D eigenvalue weighted by Gasteiger charge is 2.07. The van der Waals surface area contributed by atoms with Gasteiger partial charge >= 0.3 is 0 Å². The van der Waals surface area contributed by atoms with Gasteiger partial charge in [-0.2, -0.15) is 0 Å². The normalized spacial score (nSPS) is 12.6. The van der Waals surface area contributed by atoms with Gasteiger partial charge in [-0.15, -0.1) is 0 Å². The van der Waals surface area contributed by atoms with Gasteiger partial charge in [-0.3, -0.25) is 0 Å². The molecular weight excluding hydrogens is 294 g/mol. The molecular formula is C14H22BrNO2. The van der Waals surface area contributed by atoms with Gasteiger partial charge in [0.2, 0.25) is 0 Å². The SMILES string of the molecule is COCCCOCCN[C@H](C)c1ccccc1Br. The maximum absolute atomic E-state index is 5.50. The van der Waals surface area contributed by atoms with Crippen LogP contribution in [0.5, 0.6) is 0 Å². The second-order valence-electron chi connectivity index (χ2n) is 4.16. The Kier molecular flexibility index (Phi) is 8.25. The molecule has 0 aliphatic heterocycles. The highest BCUT2D eigenvalue weighted by atomic mass is 79.9. The zero-order valence-electron chi connectivity index (χ0n) is 11.1. The Hall–Kier alpha value is -0.420. The summed E-state index contributed by atoms with van der Waals surface area (Å²) in [6, 6.07) is 8.59. The lowest BCUT2D eigenvalue weighted by atomic mass is 10.1. The van der Waals surface area contributed by atoms with E-state index in [0.29, 0.717) is 6.04 Å². The number of nitrogens with one attached hydrogen (secondary N) is 1. The van der Waals surface area contributed by atoms with E-state index < -0.39 is 0 Å². The Morgan fingerprint density at radius 1 is 1.22 bits per heavy atom. The third-order valence-electron chi connectivity index (χ3n) is 2.71. The lowest BCUT2D eigenvalue weighted by Gasteiger charge is -2.15. The van der Waals surface area contributed by atoms with Gasteiger partial charge in [0, 0.05) is 37.4 Å². The lowest BCUT2D eigenvalue weighted by molar-refractivity contribution is 0.103. The molecule has 18 heavy (non-hydrogen) atoms. The summed E-state index contributed by atoms with van der Waals surface area (Å²) < 4.78 is 11.6. The summed E-state index contributed by atoms with van der Waals surface area (Å²) in [6.07, 6.45) is 0.955. The summed E-state index contributed by atoms with van der Waals surface area (Å²) in [6.45, 7) is 5.28. The third kappa shape index (κ3) is 5.96. The summed E-state index contributed by atoms with van der Waals surface area (Å²) in [5.41, 5.74) is 1.27. The van der Waals surface area contributed by atoms with E-state index in [1.165, 1.54) is 5.56 Å². The van der Waals surface area contributed by atoms with E-state index in [1.807, 2.05) is 6.07 Å². The van der Waals surface area contributed by atoms with Gasteiger partial charge < -0.3 is 14.8 Å². The number of hydrogen-bond acceptors (Lipinski definition) is 3. The molecule has 102 valence electrons. The van der Waals surface area contributed by atoms with Crippen molar-refractivity contribution in [2.24, 2.45) is 0 Å². The van der Waals surface area contributed by atoms with Crippen LogP contribution in [0, 0.1) is 0 Å². The maximum atomic E-state index is 5.50. The molecule has 0 spiro atoms. The Balaban J connectivity index is 2.14. The van der Waals surface area contributed by atoms with Crippen molar-refractivity contribution >= 4 is 15.9 Å². The summed E-state index contributed by atoms with van der Waals surface area (Å²) in [5.74, 6) is 0. The minimum Gasteiger partial charge on any atom is -0.385 e. The van der Waals surface area contributed by atoms with Crippen LogP contribution in [0.4, 0.5) is 0 Å². The number of rotatable bonds is 9. The predicted octanol–water partition coefficient (Wildman–Crippen LogP) is 3.15. The molecule has 0 amide bonds. The van der Waals surface area contributed by atoms with Crippen LogP contribution >= 0.6 is 15.9 Å². The quantitative estimate of drug-likeness (QED) is 0.710. The van der Waals surface area contributed by atoms with E-state index >= 15 is 0 Å². The average molecular weight is 316 g/mol. The number of methoxy groups -OCH3 is 1. The first-order chi connectivity index (χ1) is 8.75. The van der Waals surface area contributed by atoms with Gasteiger partial charge in [0.25, 0.3) is 0 Å². The molecule has 1 N–H and O–H groups in total. The van der Waals surface area contributed by atoms with Gasteiger partial charge in [-0.25, -0.2) is 0 Å². The van der Waals surface area contributed by atoms with E-state index in [9.17, 15) is 0 Å². The Morgan fingerprint density at radius 3 is 2.72 bits per heavy atom. The highest BCUT2D eigenvalue weighted by molar-refractivity contribution is 9.10. The topological polar surface area (TPSA) is 30.5 Å². The molecule has 0 aliphatic carbocycles. The largest absolute Gasteiger partial charge is 0.385 e. The van der Waals surface area contributed by atoms with Crippen LogP contribution in [0.25, 0.3) is 0 Å². The number of hydrogen-bond donors (Lipinski definition) is 1. The number of benzene rings is 1. The first kappa shape index (κ1) is 15.6. The Morgan fingerprint density at radius 2 is 2.00 bits per heavy atom. The maximum Gasteiger partial charge on any atom is 0.0591 e. The van der Waals surface area contributed by atoms with Crippen molar-refractivity contribution in [1.29, 1.82) is 0 Å². The van der Waals surface area contributed by atoms with Gasteiger partial charge in [0.05, 0.1) is 6.61 Å². The minimum absolute atomic E-state index is 0.322. The van der Waals surface area contributed by atoms with E-state index in [4.69, 9.17) is 9.47 Å². The highest BCUT2D eigenvalue weighted by Crippen LogP contribution is 2.22. The predicted molar refractivity (Wildman–Crippen MR) is 77.9 cm³/mol. The summed E-state index contributed by atoms with van der Waals surface area (Å²) in [5, 5.41) is 3.44. The van der Waals surface area contributed by atoms with Crippen LogP contribution in [0.2, 0.25) is 0 Å². The van der Waals surface area contributed by atoms with Crippen molar-refractivity contribution in [3.8, 4) is 0 Å². The number of halogens is 1. The average Bonchev–Trinajstić information content (AvgIpc) is 2.38. The molecule has 0 heterocycles. The van der Waals surface area contributed by atoms with E-state index in [0.717, 1.165) is 37.3 Å². The second kappa shape index (κ2) is 9.50. The first-order valence-corrected chi connectivity index (χ1v) is 7.09. The minimum atomic E-state index is 0.322. The summed E-state index contributed by atoms with van der Waals surface area (Å²) in [7, 11) is 1.71. The van der Waals surface area contributed by atoms with Gasteiger partial charge in [-0.05, 0) is 25.0 Å². The second-order valence-corrected chi connectivity index (χ2v) is 5.01. The molecule has 1 atom stereocenters. The molecule has 0 saturated heterocycles. The molecule has 0 saturated carbocycles. The Labute approximate surface area is 118 Å². The fourth-order valence-corrected chi connectivity index (χ4v) is 2.32. The third-order valence-corrected chi connectivity index (χ3v) is 3.43. The molecule has 0 aliphatic rings.